The molecule has 0 saturated carbocycles. The number of aromatic nitrogens is 3. The van der Waals surface area contributed by atoms with Gasteiger partial charge in [-0.25, -0.2) is 9.07 Å². The highest BCUT2D eigenvalue weighted by Gasteiger charge is 2.16. The molecule has 0 spiro atoms. The van der Waals surface area contributed by atoms with Crippen molar-refractivity contribution < 1.29 is 13.9 Å². The zero-order chi connectivity index (χ0) is 21.1. The summed E-state index contributed by atoms with van der Waals surface area (Å²) in [4.78, 5) is 16.8. The average Bonchev–Trinajstić information content (AvgIpc) is 3.13. The van der Waals surface area contributed by atoms with Crippen molar-refractivity contribution in [1.82, 2.24) is 14.8 Å². The number of hydrogen-bond donors (Lipinski definition) is 1. The number of halogens is 1. The van der Waals surface area contributed by atoms with Crippen LogP contribution in [-0.4, -0.2) is 20.7 Å². The number of benzene rings is 2. The van der Waals surface area contributed by atoms with Gasteiger partial charge in [-0.15, -0.1) is 0 Å². The number of ether oxygens (including phenoxy) is 1. The summed E-state index contributed by atoms with van der Waals surface area (Å²) < 4.78 is 20.6. The van der Waals surface area contributed by atoms with E-state index in [1.807, 2.05) is 19.1 Å². The summed E-state index contributed by atoms with van der Waals surface area (Å²) in [6, 6.07) is 15.0. The first-order chi connectivity index (χ1) is 14.5. The highest BCUT2D eigenvalue weighted by atomic mass is 19.1. The normalized spacial score (nSPS) is 10.6. The van der Waals surface area contributed by atoms with Gasteiger partial charge in [0.2, 0.25) is 0 Å². The Morgan fingerprint density at radius 1 is 1.07 bits per heavy atom. The van der Waals surface area contributed by atoms with Crippen molar-refractivity contribution in [3.63, 3.8) is 0 Å². The second-order valence-electron chi connectivity index (χ2n) is 6.76. The summed E-state index contributed by atoms with van der Waals surface area (Å²) in [5, 5.41) is 7.15. The predicted molar refractivity (Wildman–Crippen MR) is 112 cm³/mol. The molecule has 0 bridgehead atoms. The van der Waals surface area contributed by atoms with Gasteiger partial charge in [-0.2, -0.15) is 5.10 Å². The monoisotopic (exact) mass is 402 g/mol. The molecule has 1 amide bonds. The third-order valence-electron chi connectivity index (χ3n) is 4.62. The zero-order valence-electron chi connectivity index (χ0n) is 16.5. The number of amides is 1. The predicted octanol–water partition coefficient (Wildman–Crippen LogP) is 5.07. The van der Waals surface area contributed by atoms with E-state index in [1.54, 1.807) is 54.3 Å². The summed E-state index contributed by atoms with van der Waals surface area (Å²) in [5.74, 6) is 0.719. The van der Waals surface area contributed by atoms with Crippen molar-refractivity contribution in [3.8, 4) is 17.2 Å². The topological polar surface area (TPSA) is 69.0 Å². The Hall–Kier alpha value is -4.00. The van der Waals surface area contributed by atoms with E-state index in [1.165, 1.54) is 18.3 Å². The van der Waals surface area contributed by atoms with Crippen LogP contribution in [-0.2, 0) is 0 Å². The van der Waals surface area contributed by atoms with Crippen molar-refractivity contribution in [3.05, 3.63) is 95.8 Å². The van der Waals surface area contributed by atoms with E-state index in [-0.39, 0.29) is 11.7 Å². The molecule has 30 heavy (non-hydrogen) atoms. The molecule has 4 rings (SSSR count). The summed E-state index contributed by atoms with van der Waals surface area (Å²) in [6.45, 7) is 3.69. The van der Waals surface area contributed by atoms with Crippen LogP contribution in [0.25, 0.3) is 5.69 Å². The van der Waals surface area contributed by atoms with Crippen LogP contribution in [0.5, 0.6) is 11.5 Å². The van der Waals surface area contributed by atoms with Crippen molar-refractivity contribution in [2.24, 2.45) is 0 Å². The van der Waals surface area contributed by atoms with Crippen LogP contribution in [0.4, 0.5) is 10.1 Å². The maximum absolute atomic E-state index is 13.2. The van der Waals surface area contributed by atoms with Crippen LogP contribution >= 0.6 is 0 Å². The van der Waals surface area contributed by atoms with Crippen LogP contribution in [0, 0.1) is 19.7 Å². The van der Waals surface area contributed by atoms with Gasteiger partial charge in [-0.1, -0.05) is 0 Å². The van der Waals surface area contributed by atoms with E-state index in [9.17, 15) is 9.18 Å². The molecule has 7 heteroatoms. The fourth-order valence-electron chi connectivity index (χ4n) is 3.05. The molecule has 0 saturated heterocycles. The van der Waals surface area contributed by atoms with Gasteiger partial charge in [-0.05, 0) is 74.0 Å². The lowest BCUT2D eigenvalue weighted by molar-refractivity contribution is 0.102. The van der Waals surface area contributed by atoms with Gasteiger partial charge >= 0.3 is 0 Å². The first-order valence-corrected chi connectivity index (χ1v) is 9.32. The maximum Gasteiger partial charge on any atom is 0.259 e. The SMILES string of the molecule is Cc1cc(NC(=O)c2cnn(-c3ccc(F)cc3)c2C)ccc1Oc1cccnc1. The number of aryl methyl sites for hydroxylation is 1. The van der Waals surface area contributed by atoms with E-state index < -0.39 is 0 Å². The minimum absolute atomic E-state index is 0.277. The fourth-order valence-corrected chi connectivity index (χ4v) is 3.05. The molecule has 6 nitrogen and oxygen atoms in total. The molecule has 0 radical (unpaired) electrons. The van der Waals surface area contributed by atoms with E-state index in [0.29, 0.717) is 34.1 Å². The largest absolute Gasteiger partial charge is 0.455 e. The van der Waals surface area contributed by atoms with Gasteiger partial charge in [0.1, 0.15) is 17.3 Å². The van der Waals surface area contributed by atoms with Crippen LogP contribution in [0.2, 0.25) is 0 Å². The van der Waals surface area contributed by atoms with Crippen LogP contribution < -0.4 is 10.1 Å². The highest BCUT2D eigenvalue weighted by Crippen LogP contribution is 2.27. The third-order valence-corrected chi connectivity index (χ3v) is 4.62. The lowest BCUT2D eigenvalue weighted by Gasteiger charge is -2.11. The Balaban J connectivity index is 1.50. The molecule has 2 aromatic heterocycles. The van der Waals surface area contributed by atoms with E-state index in [0.717, 1.165) is 5.56 Å². The van der Waals surface area contributed by atoms with E-state index >= 15 is 0 Å². The molecule has 2 heterocycles. The number of pyridine rings is 1. The molecular formula is C23H19FN4O2. The number of anilines is 1. The van der Waals surface area contributed by atoms with Crippen molar-refractivity contribution >= 4 is 11.6 Å². The third kappa shape index (κ3) is 4.05. The number of carbonyl (C=O) groups is 1. The zero-order valence-corrected chi connectivity index (χ0v) is 16.5. The van der Waals surface area contributed by atoms with Gasteiger partial charge in [0.05, 0.1) is 29.3 Å². The quantitative estimate of drug-likeness (QED) is 0.506. The molecule has 4 aromatic rings. The number of hydrogen-bond acceptors (Lipinski definition) is 4. The molecule has 0 aliphatic heterocycles. The van der Waals surface area contributed by atoms with E-state index in [4.69, 9.17) is 4.74 Å². The molecule has 0 fully saturated rings. The molecule has 0 aliphatic carbocycles. The summed E-state index contributed by atoms with van der Waals surface area (Å²) in [6.07, 6.45) is 4.82. The lowest BCUT2D eigenvalue weighted by atomic mass is 10.2. The fraction of sp³-hybridized carbons (Fsp3) is 0.0870. The first kappa shape index (κ1) is 19.3. The Morgan fingerprint density at radius 2 is 1.87 bits per heavy atom. The molecular weight excluding hydrogens is 383 g/mol. The van der Waals surface area contributed by atoms with Crippen LogP contribution in [0.1, 0.15) is 21.6 Å². The molecule has 150 valence electrons. The van der Waals surface area contributed by atoms with Crippen LogP contribution in [0.15, 0.2) is 73.2 Å². The summed E-state index contributed by atoms with van der Waals surface area (Å²) in [5.41, 5.74) is 3.29. The standard InChI is InChI=1S/C23H19FN4O2/c1-15-12-18(7-10-22(15)30-20-4-3-11-25-13-20)27-23(29)21-14-26-28(16(21)2)19-8-5-17(24)6-9-19/h3-14H,1-2H3,(H,27,29). The van der Waals surface area contributed by atoms with Crippen molar-refractivity contribution in [1.29, 1.82) is 0 Å². The van der Waals surface area contributed by atoms with Gasteiger partial charge in [-0.3, -0.25) is 9.78 Å². The highest BCUT2D eigenvalue weighted by molar-refractivity contribution is 6.05. The minimum atomic E-state index is -0.326. The second-order valence-corrected chi connectivity index (χ2v) is 6.76. The molecule has 2 aromatic carbocycles. The maximum atomic E-state index is 13.2. The molecule has 0 unspecified atom stereocenters. The number of nitrogens with zero attached hydrogens (tertiary/aromatic N) is 3. The van der Waals surface area contributed by atoms with E-state index in [2.05, 4.69) is 15.4 Å². The second kappa shape index (κ2) is 8.16. The van der Waals surface area contributed by atoms with Gasteiger partial charge in [0, 0.05) is 11.9 Å². The van der Waals surface area contributed by atoms with Gasteiger partial charge in [0.25, 0.3) is 5.91 Å². The first-order valence-electron chi connectivity index (χ1n) is 9.32. The van der Waals surface area contributed by atoms with Gasteiger partial charge in [0.15, 0.2) is 0 Å². The number of rotatable bonds is 5. The number of carbonyl (C=O) groups excluding carboxylic acids is 1. The molecule has 1 N–H and O–H groups in total. The lowest BCUT2D eigenvalue weighted by Crippen LogP contribution is -2.13. The Morgan fingerprint density at radius 3 is 2.57 bits per heavy atom. The van der Waals surface area contributed by atoms with Crippen molar-refractivity contribution in [2.75, 3.05) is 5.32 Å². The van der Waals surface area contributed by atoms with Gasteiger partial charge < -0.3 is 10.1 Å². The Kier molecular flexibility index (Phi) is 5.26. The molecule has 0 atom stereocenters. The summed E-state index contributed by atoms with van der Waals surface area (Å²) >= 11 is 0. The van der Waals surface area contributed by atoms with Crippen LogP contribution in [0.3, 0.4) is 0 Å². The number of nitrogens with one attached hydrogen (secondary N) is 1. The smallest absolute Gasteiger partial charge is 0.259 e. The summed E-state index contributed by atoms with van der Waals surface area (Å²) in [7, 11) is 0. The Bertz CT molecular complexity index is 1190. The molecule has 0 aliphatic rings. The van der Waals surface area contributed by atoms with Crippen molar-refractivity contribution in [2.45, 2.75) is 13.8 Å². The minimum Gasteiger partial charge on any atom is -0.455 e. The average molecular weight is 402 g/mol. The Labute approximate surface area is 173 Å².